The predicted octanol–water partition coefficient (Wildman–Crippen LogP) is 0.897. The molecule has 2 N–H and O–H groups in total. The summed E-state index contributed by atoms with van der Waals surface area (Å²) in [7, 11) is 1.52. The van der Waals surface area contributed by atoms with Gasteiger partial charge in [-0.05, 0) is 12.1 Å². The molecule has 0 unspecified atom stereocenters. The van der Waals surface area contributed by atoms with Crippen LogP contribution in [0.3, 0.4) is 0 Å². The van der Waals surface area contributed by atoms with Gasteiger partial charge in [0.05, 0.1) is 25.2 Å². The summed E-state index contributed by atoms with van der Waals surface area (Å²) < 4.78 is 5.07. The van der Waals surface area contributed by atoms with E-state index in [-0.39, 0.29) is 11.5 Å². The van der Waals surface area contributed by atoms with Crippen LogP contribution in [0.15, 0.2) is 42.1 Å². The average molecular weight is 341 g/mol. The van der Waals surface area contributed by atoms with E-state index in [4.69, 9.17) is 4.74 Å². The molecule has 0 aliphatic carbocycles. The van der Waals surface area contributed by atoms with Crippen molar-refractivity contribution in [3.8, 4) is 17.1 Å². The number of carbonyl (C=O) groups is 1. The molecule has 2 aromatic heterocycles. The number of nitrogens with one attached hydrogen (secondary N) is 2. The normalized spacial score (nSPS) is 13.9. The van der Waals surface area contributed by atoms with Crippen molar-refractivity contribution < 1.29 is 9.53 Å². The highest BCUT2D eigenvalue weighted by molar-refractivity contribution is 5.87. The van der Waals surface area contributed by atoms with Crippen molar-refractivity contribution in [2.24, 2.45) is 5.92 Å². The van der Waals surface area contributed by atoms with Crippen molar-refractivity contribution in [3.05, 3.63) is 47.7 Å². The first-order chi connectivity index (χ1) is 12.1. The number of likely N-dealkylation sites (tertiary alicyclic amines) is 1. The van der Waals surface area contributed by atoms with Gasteiger partial charge < -0.3 is 19.9 Å². The standard InChI is InChI=1S/C17H19N5O3/c1-3-16(23)22-9-11(10-22)5-19-13-4-12(6-20-17(13)24)14-7-18-8-15(21-14)25-2/h3-4,6-8,11,19H,1,5,9-10H2,2H3,(H,20,24). The molecule has 0 saturated carbocycles. The van der Waals surface area contributed by atoms with E-state index in [1.807, 2.05) is 0 Å². The number of nitrogens with zero attached hydrogens (tertiary/aromatic N) is 3. The molecule has 3 rings (SSSR count). The summed E-state index contributed by atoms with van der Waals surface area (Å²) >= 11 is 0. The minimum absolute atomic E-state index is 0.0623. The van der Waals surface area contributed by atoms with Gasteiger partial charge in [-0.15, -0.1) is 0 Å². The molecule has 8 nitrogen and oxygen atoms in total. The highest BCUT2D eigenvalue weighted by Gasteiger charge is 2.28. The summed E-state index contributed by atoms with van der Waals surface area (Å²) in [5.41, 5.74) is 1.57. The second kappa shape index (κ2) is 7.16. The second-order valence-electron chi connectivity index (χ2n) is 5.77. The third-order valence-corrected chi connectivity index (χ3v) is 4.05. The maximum absolute atomic E-state index is 12.0. The Morgan fingerprint density at radius 2 is 2.32 bits per heavy atom. The molecule has 130 valence electrons. The number of carbonyl (C=O) groups excluding carboxylic acids is 1. The van der Waals surface area contributed by atoms with Gasteiger partial charge in [0.1, 0.15) is 5.69 Å². The molecular weight excluding hydrogens is 322 g/mol. The first-order valence-corrected chi connectivity index (χ1v) is 7.85. The van der Waals surface area contributed by atoms with Crippen LogP contribution in [-0.4, -0.2) is 52.5 Å². The SMILES string of the molecule is C=CC(=O)N1CC(CNc2cc(-c3cncc(OC)n3)c[nH]c2=O)C1. The topological polar surface area (TPSA) is 100 Å². The minimum atomic E-state index is -0.210. The van der Waals surface area contributed by atoms with Crippen LogP contribution in [0.2, 0.25) is 0 Å². The summed E-state index contributed by atoms with van der Waals surface area (Å²) in [6, 6.07) is 1.73. The van der Waals surface area contributed by atoms with E-state index in [1.165, 1.54) is 19.4 Å². The third kappa shape index (κ3) is 3.68. The molecule has 0 radical (unpaired) electrons. The van der Waals surface area contributed by atoms with Crippen LogP contribution in [0.4, 0.5) is 5.69 Å². The first kappa shape index (κ1) is 16.7. The number of anilines is 1. The molecular formula is C17H19N5O3. The molecule has 1 aliphatic heterocycles. The largest absolute Gasteiger partial charge is 0.480 e. The fraction of sp³-hybridized carbons (Fsp3) is 0.294. The quantitative estimate of drug-likeness (QED) is 0.757. The number of hydrogen-bond acceptors (Lipinski definition) is 6. The molecule has 8 heteroatoms. The Labute approximate surface area is 144 Å². The number of aromatic nitrogens is 3. The van der Waals surface area contributed by atoms with Gasteiger partial charge in [0.25, 0.3) is 5.56 Å². The maximum atomic E-state index is 12.0. The fourth-order valence-corrected chi connectivity index (χ4v) is 2.61. The number of rotatable bonds is 6. The number of amides is 1. The lowest BCUT2D eigenvalue weighted by molar-refractivity contribution is -0.131. The number of methoxy groups -OCH3 is 1. The second-order valence-corrected chi connectivity index (χ2v) is 5.77. The van der Waals surface area contributed by atoms with Crippen molar-refractivity contribution in [3.63, 3.8) is 0 Å². The van der Waals surface area contributed by atoms with Crippen LogP contribution >= 0.6 is 0 Å². The van der Waals surface area contributed by atoms with Crippen LogP contribution in [-0.2, 0) is 4.79 Å². The summed E-state index contributed by atoms with van der Waals surface area (Å²) in [4.78, 5) is 36.2. The number of hydrogen-bond donors (Lipinski definition) is 2. The molecule has 0 bridgehead atoms. The van der Waals surface area contributed by atoms with E-state index < -0.39 is 0 Å². The minimum Gasteiger partial charge on any atom is -0.480 e. The molecule has 1 aliphatic rings. The van der Waals surface area contributed by atoms with E-state index in [9.17, 15) is 9.59 Å². The van der Waals surface area contributed by atoms with Gasteiger partial charge in [-0.3, -0.25) is 14.6 Å². The van der Waals surface area contributed by atoms with Gasteiger partial charge in [0.2, 0.25) is 11.8 Å². The van der Waals surface area contributed by atoms with Gasteiger partial charge >= 0.3 is 0 Å². The van der Waals surface area contributed by atoms with Crippen molar-refractivity contribution in [2.75, 3.05) is 32.1 Å². The summed E-state index contributed by atoms with van der Waals surface area (Å²) in [6.07, 6.45) is 6.02. The molecule has 2 aromatic rings. The van der Waals surface area contributed by atoms with Gasteiger partial charge in [0.15, 0.2) is 0 Å². The molecule has 25 heavy (non-hydrogen) atoms. The highest BCUT2D eigenvalue weighted by Crippen LogP contribution is 2.20. The van der Waals surface area contributed by atoms with Crippen molar-refractivity contribution in [1.82, 2.24) is 19.9 Å². The zero-order valence-electron chi connectivity index (χ0n) is 13.9. The summed E-state index contributed by atoms with van der Waals surface area (Å²) in [5, 5.41) is 3.14. The number of aromatic amines is 1. The molecule has 1 fully saturated rings. The van der Waals surface area contributed by atoms with Crippen molar-refractivity contribution >= 4 is 11.6 Å². The third-order valence-electron chi connectivity index (χ3n) is 4.05. The number of ether oxygens (including phenoxy) is 1. The van der Waals surface area contributed by atoms with Gasteiger partial charge in [-0.2, -0.15) is 0 Å². The van der Waals surface area contributed by atoms with E-state index in [0.29, 0.717) is 42.8 Å². The Bertz CT molecular complexity index is 842. The van der Waals surface area contributed by atoms with Gasteiger partial charge in [-0.1, -0.05) is 6.58 Å². The Hall–Kier alpha value is -3.16. The van der Waals surface area contributed by atoms with E-state index >= 15 is 0 Å². The van der Waals surface area contributed by atoms with E-state index in [0.717, 1.165) is 5.56 Å². The molecule has 0 spiro atoms. The predicted molar refractivity (Wildman–Crippen MR) is 93.4 cm³/mol. The smallest absolute Gasteiger partial charge is 0.271 e. The van der Waals surface area contributed by atoms with E-state index in [2.05, 4.69) is 26.8 Å². The number of H-pyrrole nitrogens is 1. The summed E-state index contributed by atoms with van der Waals surface area (Å²) in [6.45, 7) is 5.41. The highest BCUT2D eigenvalue weighted by atomic mass is 16.5. The van der Waals surface area contributed by atoms with Crippen LogP contribution in [0.25, 0.3) is 11.3 Å². The van der Waals surface area contributed by atoms with Crippen molar-refractivity contribution in [1.29, 1.82) is 0 Å². The van der Waals surface area contributed by atoms with Crippen LogP contribution < -0.4 is 15.6 Å². The molecule has 0 atom stereocenters. The Morgan fingerprint density at radius 1 is 1.52 bits per heavy atom. The number of pyridine rings is 1. The van der Waals surface area contributed by atoms with Gasteiger partial charge in [0, 0.05) is 37.3 Å². The summed E-state index contributed by atoms with van der Waals surface area (Å²) in [5.74, 6) is 0.649. The van der Waals surface area contributed by atoms with Crippen LogP contribution in [0.5, 0.6) is 5.88 Å². The first-order valence-electron chi connectivity index (χ1n) is 7.85. The molecule has 1 saturated heterocycles. The van der Waals surface area contributed by atoms with Gasteiger partial charge in [-0.25, -0.2) is 4.98 Å². The average Bonchev–Trinajstić information content (AvgIpc) is 2.61. The lowest BCUT2D eigenvalue weighted by Gasteiger charge is -2.38. The fourth-order valence-electron chi connectivity index (χ4n) is 2.61. The van der Waals surface area contributed by atoms with E-state index in [1.54, 1.807) is 23.4 Å². The molecule has 0 aromatic carbocycles. The van der Waals surface area contributed by atoms with Crippen LogP contribution in [0, 0.1) is 5.92 Å². The Balaban J connectivity index is 1.67. The zero-order valence-corrected chi connectivity index (χ0v) is 13.9. The van der Waals surface area contributed by atoms with Crippen molar-refractivity contribution in [2.45, 2.75) is 0 Å². The lowest BCUT2D eigenvalue weighted by Crippen LogP contribution is -2.51. The monoisotopic (exact) mass is 341 g/mol. The molecule has 1 amide bonds. The zero-order chi connectivity index (χ0) is 17.8. The van der Waals surface area contributed by atoms with Crippen LogP contribution in [0.1, 0.15) is 0 Å². The Morgan fingerprint density at radius 3 is 3.04 bits per heavy atom. The lowest BCUT2D eigenvalue weighted by atomic mass is 10.00. The Kier molecular flexibility index (Phi) is 4.78. The maximum Gasteiger partial charge on any atom is 0.271 e. The molecule has 3 heterocycles.